The first-order chi connectivity index (χ1) is 12.1. The number of aromatic nitrogens is 1. The fourth-order valence-electron chi connectivity index (χ4n) is 2.48. The molecule has 1 aromatic heterocycles. The van der Waals surface area contributed by atoms with Crippen LogP contribution in [0.2, 0.25) is 0 Å². The molecule has 5 heteroatoms. The number of carbonyl (C=O) groups is 1. The molecule has 130 valence electrons. The second kappa shape index (κ2) is 8.12. The standard InChI is InChI=1S/C20H22N2O2S/c1-14(2)8-9-24-17-5-3-4-15(10-17)11-20(23)22-16-6-7-18-19(12-16)25-13-21-18/h3-7,10,12-14H,8-9,11H2,1-2H3,(H,22,23). The summed E-state index contributed by atoms with van der Waals surface area (Å²) in [4.78, 5) is 16.6. The number of nitrogens with zero attached hydrogens (tertiary/aromatic N) is 1. The number of rotatable bonds is 7. The van der Waals surface area contributed by atoms with Gasteiger partial charge in [-0.25, -0.2) is 4.98 Å². The summed E-state index contributed by atoms with van der Waals surface area (Å²) in [7, 11) is 0. The van der Waals surface area contributed by atoms with Crippen LogP contribution in [0.15, 0.2) is 48.0 Å². The number of hydrogen-bond donors (Lipinski definition) is 1. The Kier molecular flexibility index (Phi) is 5.66. The van der Waals surface area contributed by atoms with E-state index in [0.29, 0.717) is 18.9 Å². The van der Waals surface area contributed by atoms with Crippen LogP contribution in [0.1, 0.15) is 25.8 Å². The highest BCUT2D eigenvalue weighted by Gasteiger charge is 2.07. The van der Waals surface area contributed by atoms with Crippen LogP contribution in [0.3, 0.4) is 0 Å². The first-order valence-electron chi connectivity index (χ1n) is 8.45. The van der Waals surface area contributed by atoms with E-state index in [-0.39, 0.29) is 5.91 Å². The zero-order valence-corrected chi connectivity index (χ0v) is 15.3. The lowest BCUT2D eigenvalue weighted by molar-refractivity contribution is -0.115. The normalized spacial score (nSPS) is 11.0. The maximum absolute atomic E-state index is 12.3. The van der Waals surface area contributed by atoms with Crippen molar-refractivity contribution in [2.45, 2.75) is 26.7 Å². The predicted molar refractivity (Wildman–Crippen MR) is 103 cm³/mol. The monoisotopic (exact) mass is 354 g/mol. The van der Waals surface area contributed by atoms with E-state index in [1.807, 2.05) is 42.5 Å². The van der Waals surface area contributed by atoms with E-state index in [0.717, 1.165) is 33.6 Å². The van der Waals surface area contributed by atoms with Gasteiger partial charge in [-0.15, -0.1) is 11.3 Å². The second-order valence-corrected chi connectivity index (χ2v) is 7.32. The molecule has 0 spiro atoms. The van der Waals surface area contributed by atoms with Crippen molar-refractivity contribution >= 4 is 33.1 Å². The summed E-state index contributed by atoms with van der Waals surface area (Å²) in [6, 6.07) is 13.5. The minimum Gasteiger partial charge on any atom is -0.494 e. The highest BCUT2D eigenvalue weighted by Crippen LogP contribution is 2.22. The molecule has 0 radical (unpaired) electrons. The minimum atomic E-state index is -0.0387. The van der Waals surface area contributed by atoms with Gasteiger partial charge in [-0.05, 0) is 48.2 Å². The number of nitrogens with one attached hydrogen (secondary N) is 1. The molecule has 0 aliphatic rings. The second-order valence-electron chi connectivity index (χ2n) is 6.44. The van der Waals surface area contributed by atoms with Crippen LogP contribution in [0.5, 0.6) is 5.75 Å². The number of carbonyl (C=O) groups excluding carboxylic acids is 1. The van der Waals surface area contributed by atoms with E-state index in [9.17, 15) is 4.79 Å². The summed E-state index contributed by atoms with van der Waals surface area (Å²) in [5, 5.41) is 2.95. The molecule has 0 saturated carbocycles. The molecule has 3 rings (SSSR count). The fraction of sp³-hybridized carbons (Fsp3) is 0.300. The Morgan fingerprint density at radius 1 is 1.24 bits per heavy atom. The van der Waals surface area contributed by atoms with Crippen LogP contribution in [-0.2, 0) is 11.2 Å². The van der Waals surface area contributed by atoms with Gasteiger partial charge in [-0.2, -0.15) is 0 Å². The topological polar surface area (TPSA) is 51.2 Å². The molecule has 0 unspecified atom stereocenters. The summed E-state index contributed by atoms with van der Waals surface area (Å²) in [5.41, 5.74) is 4.50. The van der Waals surface area contributed by atoms with Crippen molar-refractivity contribution in [2.24, 2.45) is 5.92 Å². The molecule has 2 aromatic carbocycles. The molecule has 1 heterocycles. The third kappa shape index (κ3) is 5.03. The van der Waals surface area contributed by atoms with Crippen molar-refractivity contribution in [1.82, 2.24) is 4.98 Å². The van der Waals surface area contributed by atoms with Crippen molar-refractivity contribution < 1.29 is 9.53 Å². The summed E-state index contributed by atoms with van der Waals surface area (Å²) < 4.78 is 6.83. The van der Waals surface area contributed by atoms with Crippen LogP contribution in [0.4, 0.5) is 5.69 Å². The SMILES string of the molecule is CC(C)CCOc1cccc(CC(=O)Nc2ccc3ncsc3c2)c1. The summed E-state index contributed by atoms with van der Waals surface area (Å²) in [6.07, 6.45) is 1.34. The van der Waals surface area contributed by atoms with Crippen LogP contribution in [0, 0.1) is 5.92 Å². The van der Waals surface area contributed by atoms with Crippen molar-refractivity contribution in [1.29, 1.82) is 0 Å². The minimum absolute atomic E-state index is 0.0387. The lowest BCUT2D eigenvalue weighted by Crippen LogP contribution is -2.14. The van der Waals surface area contributed by atoms with Gasteiger partial charge in [0.25, 0.3) is 0 Å². The van der Waals surface area contributed by atoms with E-state index >= 15 is 0 Å². The lowest BCUT2D eigenvalue weighted by atomic mass is 10.1. The first kappa shape index (κ1) is 17.4. The number of amides is 1. The van der Waals surface area contributed by atoms with Gasteiger partial charge >= 0.3 is 0 Å². The third-order valence-electron chi connectivity index (χ3n) is 3.84. The molecule has 25 heavy (non-hydrogen) atoms. The molecular weight excluding hydrogens is 332 g/mol. The van der Waals surface area contributed by atoms with Crippen LogP contribution < -0.4 is 10.1 Å². The highest BCUT2D eigenvalue weighted by atomic mass is 32.1. The smallest absolute Gasteiger partial charge is 0.228 e. The highest BCUT2D eigenvalue weighted by molar-refractivity contribution is 7.16. The summed E-state index contributed by atoms with van der Waals surface area (Å²) in [6.45, 7) is 5.05. The maximum atomic E-state index is 12.3. The van der Waals surface area contributed by atoms with Crippen LogP contribution in [-0.4, -0.2) is 17.5 Å². The van der Waals surface area contributed by atoms with E-state index < -0.39 is 0 Å². The van der Waals surface area contributed by atoms with Crippen LogP contribution >= 0.6 is 11.3 Å². The molecule has 3 aromatic rings. The molecule has 1 amide bonds. The summed E-state index contributed by atoms with van der Waals surface area (Å²) in [5.74, 6) is 1.39. The quantitative estimate of drug-likeness (QED) is 0.656. The summed E-state index contributed by atoms with van der Waals surface area (Å²) >= 11 is 1.57. The Labute approximate surface area is 151 Å². The van der Waals surface area contributed by atoms with Crippen molar-refractivity contribution in [3.63, 3.8) is 0 Å². The molecule has 0 bridgehead atoms. The molecule has 0 saturated heterocycles. The molecule has 0 atom stereocenters. The number of fused-ring (bicyclic) bond motifs is 1. The van der Waals surface area contributed by atoms with Crippen molar-refractivity contribution in [3.8, 4) is 5.75 Å². The fourth-order valence-corrected chi connectivity index (χ4v) is 3.20. The first-order valence-corrected chi connectivity index (χ1v) is 9.33. The van der Waals surface area contributed by atoms with Crippen molar-refractivity contribution in [2.75, 3.05) is 11.9 Å². The number of ether oxygens (including phenoxy) is 1. The zero-order valence-electron chi connectivity index (χ0n) is 14.5. The van der Waals surface area contributed by atoms with E-state index in [4.69, 9.17) is 4.74 Å². The van der Waals surface area contributed by atoms with Gasteiger partial charge in [0, 0.05) is 5.69 Å². The number of hydrogen-bond acceptors (Lipinski definition) is 4. The Hall–Kier alpha value is -2.40. The molecule has 0 aliphatic heterocycles. The predicted octanol–water partition coefficient (Wildman–Crippen LogP) is 4.90. The van der Waals surface area contributed by atoms with Gasteiger partial charge in [0.15, 0.2) is 0 Å². The average molecular weight is 354 g/mol. The average Bonchev–Trinajstić information content (AvgIpc) is 3.02. The Balaban J connectivity index is 1.58. The van der Waals surface area contributed by atoms with Gasteiger partial charge in [0.1, 0.15) is 5.75 Å². The Morgan fingerprint density at radius 2 is 2.12 bits per heavy atom. The molecule has 1 N–H and O–H groups in total. The Morgan fingerprint density at radius 3 is 2.96 bits per heavy atom. The molecule has 0 fully saturated rings. The molecular formula is C20H22N2O2S. The van der Waals surface area contributed by atoms with E-state index in [2.05, 4.69) is 24.1 Å². The largest absolute Gasteiger partial charge is 0.494 e. The lowest BCUT2D eigenvalue weighted by Gasteiger charge is -2.10. The third-order valence-corrected chi connectivity index (χ3v) is 4.63. The molecule has 4 nitrogen and oxygen atoms in total. The van der Waals surface area contributed by atoms with E-state index in [1.54, 1.807) is 16.8 Å². The van der Waals surface area contributed by atoms with Gasteiger partial charge in [0.2, 0.25) is 5.91 Å². The maximum Gasteiger partial charge on any atom is 0.228 e. The number of thiazole rings is 1. The van der Waals surface area contributed by atoms with Gasteiger partial charge in [-0.3, -0.25) is 4.79 Å². The number of anilines is 1. The number of benzene rings is 2. The van der Waals surface area contributed by atoms with Gasteiger partial charge < -0.3 is 10.1 Å². The van der Waals surface area contributed by atoms with Crippen LogP contribution in [0.25, 0.3) is 10.2 Å². The van der Waals surface area contributed by atoms with Gasteiger partial charge in [-0.1, -0.05) is 26.0 Å². The van der Waals surface area contributed by atoms with E-state index in [1.165, 1.54) is 0 Å². The molecule has 0 aliphatic carbocycles. The Bertz CT molecular complexity index is 858. The zero-order chi connectivity index (χ0) is 17.6. The van der Waals surface area contributed by atoms with Gasteiger partial charge in [0.05, 0.1) is 28.8 Å². The van der Waals surface area contributed by atoms with Crippen molar-refractivity contribution in [3.05, 3.63) is 53.5 Å².